The summed E-state index contributed by atoms with van der Waals surface area (Å²) in [6.07, 6.45) is 6.09. The number of rotatable bonds is 11. The highest BCUT2D eigenvalue weighted by Gasteiger charge is 2.02. The molecule has 0 rings (SSSR count). The SMILES string of the molecule is NCCCCCC(=O)OCCCCCC(N)=O. The number of primary amides is 1. The Balaban J connectivity index is 3.19. The third kappa shape index (κ3) is 12.8. The number of esters is 1. The molecule has 0 aromatic rings. The minimum Gasteiger partial charge on any atom is -0.466 e. The minimum atomic E-state index is -0.276. The van der Waals surface area contributed by atoms with Gasteiger partial charge >= 0.3 is 5.97 Å². The van der Waals surface area contributed by atoms with Crippen molar-refractivity contribution in [2.45, 2.75) is 51.4 Å². The first-order valence-electron chi connectivity index (χ1n) is 6.31. The van der Waals surface area contributed by atoms with Gasteiger partial charge < -0.3 is 16.2 Å². The second-order valence-corrected chi connectivity index (χ2v) is 4.10. The number of carbonyl (C=O) groups excluding carboxylic acids is 2. The molecule has 0 spiro atoms. The van der Waals surface area contributed by atoms with Gasteiger partial charge in [0.15, 0.2) is 0 Å². The van der Waals surface area contributed by atoms with Crippen molar-refractivity contribution in [2.75, 3.05) is 13.2 Å². The van der Waals surface area contributed by atoms with Crippen LogP contribution < -0.4 is 11.5 Å². The van der Waals surface area contributed by atoms with Gasteiger partial charge in [-0.3, -0.25) is 9.59 Å². The number of hydrogen-bond acceptors (Lipinski definition) is 4. The van der Waals surface area contributed by atoms with E-state index in [2.05, 4.69) is 0 Å². The molecule has 0 bridgehead atoms. The summed E-state index contributed by atoms with van der Waals surface area (Å²) in [7, 11) is 0. The molecule has 0 aromatic heterocycles. The van der Waals surface area contributed by atoms with Gasteiger partial charge in [-0.05, 0) is 38.6 Å². The van der Waals surface area contributed by atoms with Crippen LogP contribution in [0.2, 0.25) is 0 Å². The Morgan fingerprint density at radius 3 is 2.18 bits per heavy atom. The van der Waals surface area contributed by atoms with E-state index in [0.29, 0.717) is 26.0 Å². The molecule has 1 amide bonds. The van der Waals surface area contributed by atoms with Crippen LogP contribution in [0.25, 0.3) is 0 Å². The molecule has 0 saturated carbocycles. The molecule has 0 aliphatic carbocycles. The number of ether oxygens (including phenoxy) is 1. The van der Waals surface area contributed by atoms with E-state index < -0.39 is 0 Å². The van der Waals surface area contributed by atoms with Gasteiger partial charge in [-0.1, -0.05) is 6.42 Å². The third-order valence-electron chi connectivity index (χ3n) is 2.42. The van der Waals surface area contributed by atoms with Gasteiger partial charge in [0.05, 0.1) is 6.61 Å². The van der Waals surface area contributed by atoms with E-state index >= 15 is 0 Å². The second kappa shape index (κ2) is 11.4. The Bertz CT molecular complexity index is 220. The summed E-state index contributed by atoms with van der Waals surface area (Å²) in [5.74, 6) is -0.418. The maximum absolute atomic E-state index is 11.2. The van der Waals surface area contributed by atoms with E-state index in [-0.39, 0.29) is 11.9 Å². The zero-order valence-corrected chi connectivity index (χ0v) is 10.5. The predicted octanol–water partition coefficient (Wildman–Crippen LogP) is 1.09. The first kappa shape index (κ1) is 15.9. The van der Waals surface area contributed by atoms with Crippen molar-refractivity contribution in [3.63, 3.8) is 0 Å². The molecule has 0 atom stereocenters. The lowest BCUT2D eigenvalue weighted by atomic mass is 10.2. The molecule has 5 nitrogen and oxygen atoms in total. The van der Waals surface area contributed by atoms with Gasteiger partial charge in [0.25, 0.3) is 0 Å². The fraction of sp³-hybridized carbons (Fsp3) is 0.833. The molecule has 0 fully saturated rings. The predicted molar refractivity (Wildman–Crippen MR) is 66.1 cm³/mol. The molecule has 0 aliphatic heterocycles. The highest BCUT2D eigenvalue weighted by molar-refractivity contribution is 5.73. The monoisotopic (exact) mass is 244 g/mol. The van der Waals surface area contributed by atoms with Crippen LogP contribution in [0, 0.1) is 0 Å². The van der Waals surface area contributed by atoms with Gasteiger partial charge in [-0.2, -0.15) is 0 Å². The lowest BCUT2D eigenvalue weighted by Crippen LogP contribution is -2.10. The van der Waals surface area contributed by atoms with Gasteiger partial charge in [0, 0.05) is 12.8 Å². The van der Waals surface area contributed by atoms with Gasteiger partial charge in [0.1, 0.15) is 0 Å². The average molecular weight is 244 g/mol. The first-order valence-corrected chi connectivity index (χ1v) is 6.31. The zero-order chi connectivity index (χ0) is 12.9. The average Bonchev–Trinajstić information content (AvgIpc) is 2.29. The van der Waals surface area contributed by atoms with E-state index in [4.69, 9.17) is 16.2 Å². The van der Waals surface area contributed by atoms with E-state index in [0.717, 1.165) is 38.5 Å². The summed E-state index contributed by atoms with van der Waals surface area (Å²) in [5.41, 5.74) is 10.3. The maximum Gasteiger partial charge on any atom is 0.305 e. The summed E-state index contributed by atoms with van der Waals surface area (Å²) >= 11 is 0. The molecule has 100 valence electrons. The van der Waals surface area contributed by atoms with Crippen LogP contribution in [0.1, 0.15) is 51.4 Å². The largest absolute Gasteiger partial charge is 0.466 e. The van der Waals surface area contributed by atoms with Crippen molar-refractivity contribution >= 4 is 11.9 Å². The molecule has 0 radical (unpaired) electrons. The van der Waals surface area contributed by atoms with E-state index in [9.17, 15) is 9.59 Å². The Labute approximate surface area is 103 Å². The lowest BCUT2D eigenvalue weighted by Gasteiger charge is -2.04. The highest BCUT2D eigenvalue weighted by Crippen LogP contribution is 2.03. The number of hydrogen-bond donors (Lipinski definition) is 2. The molecule has 0 heterocycles. The van der Waals surface area contributed by atoms with E-state index in [1.54, 1.807) is 0 Å². The summed E-state index contributed by atoms with van der Waals surface area (Å²) in [5, 5.41) is 0. The summed E-state index contributed by atoms with van der Waals surface area (Å²) in [4.78, 5) is 21.7. The van der Waals surface area contributed by atoms with Gasteiger partial charge in [0.2, 0.25) is 5.91 Å². The smallest absolute Gasteiger partial charge is 0.305 e. The van der Waals surface area contributed by atoms with E-state index in [1.807, 2.05) is 0 Å². The maximum atomic E-state index is 11.2. The quantitative estimate of drug-likeness (QED) is 0.420. The molecule has 0 unspecified atom stereocenters. The number of carbonyl (C=O) groups is 2. The minimum absolute atomic E-state index is 0.142. The summed E-state index contributed by atoms with van der Waals surface area (Å²) in [6.45, 7) is 1.11. The normalized spacial score (nSPS) is 10.2. The first-order chi connectivity index (χ1) is 8.16. The van der Waals surface area contributed by atoms with Gasteiger partial charge in [-0.15, -0.1) is 0 Å². The number of unbranched alkanes of at least 4 members (excludes halogenated alkanes) is 4. The van der Waals surface area contributed by atoms with Crippen molar-refractivity contribution in [2.24, 2.45) is 11.5 Å². The molecule has 0 aliphatic rings. The van der Waals surface area contributed by atoms with Crippen LogP contribution in [0.5, 0.6) is 0 Å². The molecule has 17 heavy (non-hydrogen) atoms. The summed E-state index contributed by atoms with van der Waals surface area (Å²) in [6, 6.07) is 0. The highest BCUT2D eigenvalue weighted by atomic mass is 16.5. The fourth-order valence-electron chi connectivity index (χ4n) is 1.43. The van der Waals surface area contributed by atoms with Gasteiger partial charge in [-0.25, -0.2) is 0 Å². The van der Waals surface area contributed by atoms with Crippen LogP contribution >= 0.6 is 0 Å². The molecule has 0 saturated heterocycles. The zero-order valence-electron chi connectivity index (χ0n) is 10.5. The molecule has 0 aromatic carbocycles. The van der Waals surface area contributed by atoms with Crippen LogP contribution in [0.3, 0.4) is 0 Å². The third-order valence-corrected chi connectivity index (χ3v) is 2.42. The Hall–Kier alpha value is -1.10. The Morgan fingerprint density at radius 1 is 0.882 bits per heavy atom. The van der Waals surface area contributed by atoms with Crippen molar-refractivity contribution in [3.8, 4) is 0 Å². The van der Waals surface area contributed by atoms with E-state index in [1.165, 1.54) is 0 Å². The Kier molecular flexibility index (Phi) is 10.7. The van der Waals surface area contributed by atoms with Crippen molar-refractivity contribution in [1.82, 2.24) is 0 Å². The van der Waals surface area contributed by atoms with Crippen molar-refractivity contribution in [3.05, 3.63) is 0 Å². The summed E-state index contributed by atoms with van der Waals surface area (Å²) < 4.78 is 5.04. The molecule has 5 heteroatoms. The molecular weight excluding hydrogens is 220 g/mol. The van der Waals surface area contributed by atoms with Crippen LogP contribution in [0.4, 0.5) is 0 Å². The van der Waals surface area contributed by atoms with Crippen LogP contribution in [-0.2, 0) is 14.3 Å². The van der Waals surface area contributed by atoms with Crippen LogP contribution in [0.15, 0.2) is 0 Å². The standard InChI is InChI=1S/C12H24N2O3/c13-9-5-1-4-8-12(16)17-10-6-2-3-7-11(14)15/h1-10,13H2,(H2,14,15). The van der Waals surface area contributed by atoms with Crippen LogP contribution in [-0.4, -0.2) is 25.0 Å². The number of amides is 1. The van der Waals surface area contributed by atoms with Crippen molar-refractivity contribution < 1.29 is 14.3 Å². The number of nitrogens with two attached hydrogens (primary N) is 2. The topological polar surface area (TPSA) is 95.4 Å². The molecular formula is C12H24N2O3. The van der Waals surface area contributed by atoms with Crippen molar-refractivity contribution in [1.29, 1.82) is 0 Å². The second-order valence-electron chi connectivity index (χ2n) is 4.10. The lowest BCUT2D eigenvalue weighted by molar-refractivity contribution is -0.144. The molecule has 4 N–H and O–H groups in total. The fourth-order valence-corrected chi connectivity index (χ4v) is 1.43. The Morgan fingerprint density at radius 2 is 1.53 bits per heavy atom.